The maximum atomic E-state index is 12.1. The molecule has 0 saturated heterocycles. The van der Waals surface area contributed by atoms with Crippen molar-refractivity contribution in [2.24, 2.45) is 0 Å². The van der Waals surface area contributed by atoms with E-state index in [4.69, 9.17) is 16.3 Å². The van der Waals surface area contributed by atoms with Gasteiger partial charge in [0.2, 0.25) is 0 Å². The van der Waals surface area contributed by atoms with E-state index in [2.05, 4.69) is 37.9 Å². The summed E-state index contributed by atoms with van der Waals surface area (Å²) in [6, 6.07) is 7.23. The average Bonchev–Trinajstić information content (AvgIpc) is 2.68. The molecule has 2 rings (SSSR count). The molecule has 0 atom stereocenters. The van der Waals surface area contributed by atoms with E-state index < -0.39 is 0 Å². The number of nitrogen functional groups attached to an aromatic ring is 1. The van der Waals surface area contributed by atoms with Crippen LogP contribution >= 0.6 is 0 Å². The number of hydrogen-bond donors (Lipinski definition) is 3. The molecule has 0 aromatic carbocycles. The van der Waals surface area contributed by atoms with Gasteiger partial charge in [-0.15, -0.1) is 0 Å². The van der Waals surface area contributed by atoms with Gasteiger partial charge < -0.3 is 10.6 Å². The van der Waals surface area contributed by atoms with Gasteiger partial charge in [-0.2, -0.15) is 10.5 Å². The van der Waals surface area contributed by atoms with E-state index >= 15 is 0 Å². The van der Waals surface area contributed by atoms with Crippen molar-refractivity contribution in [1.82, 2.24) is 20.4 Å². The number of hydrogen-bond acceptors (Lipinski definition) is 9. The van der Waals surface area contributed by atoms with Gasteiger partial charge in [0, 0.05) is 31.0 Å². The molecule has 0 aliphatic rings. The van der Waals surface area contributed by atoms with Crippen molar-refractivity contribution in [3.63, 3.8) is 0 Å². The molecular formula is C16H17N9O. The number of anilines is 3. The Hall–Kier alpha value is -3.92. The fourth-order valence-corrected chi connectivity index (χ4v) is 2.12. The van der Waals surface area contributed by atoms with Crippen LogP contribution in [0.1, 0.15) is 23.2 Å². The molecule has 1 amide bonds. The average molecular weight is 351 g/mol. The zero-order chi connectivity index (χ0) is 18.8. The summed E-state index contributed by atoms with van der Waals surface area (Å²) in [7, 11) is 0. The van der Waals surface area contributed by atoms with Gasteiger partial charge in [0.25, 0.3) is 5.91 Å². The summed E-state index contributed by atoms with van der Waals surface area (Å²) in [6.45, 7) is 0.754. The molecule has 0 unspecified atom stereocenters. The minimum absolute atomic E-state index is 0.207. The van der Waals surface area contributed by atoms with Crippen LogP contribution in [0.25, 0.3) is 0 Å². The molecule has 0 spiro atoms. The van der Waals surface area contributed by atoms with E-state index in [0.717, 1.165) is 0 Å². The van der Waals surface area contributed by atoms with Crippen LogP contribution in [0, 0.1) is 22.7 Å². The van der Waals surface area contributed by atoms with Crippen molar-refractivity contribution in [2.75, 3.05) is 29.1 Å². The summed E-state index contributed by atoms with van der Waals surface area (Å²) < 4.78 is 0. The minimum atomic E-state index is -0.377. The zero-order valence-electron chi connectivity index (χ0n) is 13.9. The summed E-state index contributed by atoms with van der Waals surface area (Å²) in [5, 5.41) is 17.6. The SMILES string of the molecule is N#CCCN(CCC#N)c1ncnc(NNC(=O)c2ccncc2)c1N. The predicted octanol–water partition coefficient (Wildman–Crippen LogP) is 0.844. The number of nitrogens with one attached hydrogen (secondary N) is 2. The molecule has 0 saturated carbocycles. The molecule has 0 aliphatic heterocycles. The Labute approximate surface area is 150 Å². The Kier molecular flexibility index (Phi) is 6.65. The standard InChI is InChI=1S/C16H17N9O/c17-5-1-9-25(10-2-6-18)15-13(19)14(21-11-22-15)23-24-16(26)12-3-7-20-8-4-12/h3-4,7-8,11H,1-2,9-10,19H2,(H,24,26)(H,21,22,23). The van der Waals surface area contributed by atoms with E-state index in [-0.39, 0.29) is 30.3 Å². The highest BCUT2D eigenvalue weighted by molar-refractivity contribution is 5.95. The summed E-state index contributed by atoms with van der Waals surface area (Å²) >= 11 is 0. The number of carbonyl (C=O) groups excluding carboxylic acids is 1. The topological polar surface area (TPSA) is 157 Å². The first kappa shape index (κ1) is 18.4. The van der Waals surface area contributed by atoms with Gasteiger partial charge in [0.1, 0.15) is 12.0 Å². The lowest BCUT2D eigenvalue weighted by atomic mass is 10.2. The molecular weight excluding hydrogens is 334 g/mol. The van der Waals surface area contributed by atoms with Gasteiger partial charge in [0.05, 0.1) is 25.0 Å². The summed E-state index contributed by atoms with van der Waals surface area (Å²) in [4.78, 5) is 25.8. The van der Waals surface area contributed by atoms with E-state index in [9.17, 15) is 4.79 Å². The van der Waals surface area contributed by atoms with Crippen LogP contribution in [0.15, 0.2) is 30.9 Å². The van der Waals surface area contributed by atoms with Crippen LogP contribution in [0.5, 0.6) is 0 Å². The summed E-state index contributed by atoms with van der Waals surface area (Å²) in [5.41, 5.74) is 11.9. The molecule has 132 valence electrons. The number of hydrazine groups is 1. The van der Waals surface area contributed by atoms with Gasteiger partial charge in [-0.1, -0.05) is 0 Å². The fraction of sp³-hybridized carbons (Fsp3) is 0.250. The second-order valence-corrected chi connectivity index (χ2v) is 5.08. The molecule has 26 heavy (non-hydrogen) atoms. The molecule has 0 fully saturated rings. The maximum absolute atomic E-state index is 12.1. The molecule has 2 aromatic rings. The molecule has 0 bridgehead atoms. The fourth-order valence-electron chi connectivity index (χ4n) is 2.12. The molecule has 0 aliphatic carbocycles. The molecule has 10 heteroatoms. The highest BCUT2D eigenvalue weighted by atomic mass is 16.2. The van der Waals surface area contributed by atoms with Crippen molar-refractivity contribution in [3.05, 3.63) is 36.4 Å². The lowest BCUT2D eigenvalue weighted by molar-refractivity contribution is 0.0962. The summed E-state index contributed by atoms with van der Waals surface area (Å²) in [5.74, 6) is 0.236. The largest absolute Gasteiger partial charge is 0.393 e. The zero-order valence-corrected chi connectivity index (χ0v) is 13.9. The number of nitriles is 2. The Balaban J connectivity index is 2.13. The monoisotopic (exact) mass is 351 g/mol. The molecule has 10 nitrogen and oxygen atoms in total. The summed E-state index contributed by atoms with van der Waals surface area (Å²) in [6.07, 6.45) is 4.83. The minimum Gasteiger partial charge on any atom is -0.393 e. The maximum Gasteiger partial charge on any atom is 0.269 e. The first-order valence-corrected chi connectivity index (χ1v) is 7.73. The number of carbonyl (C=O) groups is 1. The first-order chi connectivity index (χ1) is 12.7. The smallest absolute Gasteiger partial charge is 0.269 e. The number of amides is 1. The number of aromatic nitrogens is 3. The third-order valence-corrected chi connectivity index (χ3v) is 3.39. The molecule has 4 N–H and O–H groups in total. The first-order valence-electron chi connectivity index (χ1n) is 7.73. The second-order valence-electron chi connectivity index (χ2n) is 5.08. The Bertz CT molecular complexity index is 808. The van der Waals surface area contributed by atoms with Crippen LogP contribution in [0.3, 0.4) is 0 Å². The Morgan fingerprint density at radius 1 is 1.15 bits per heavy atom. The van der Waals surface area contributed by atoms with Crippen molar-refractivity contribution < 1.29 is 4.79 Å². The Morgan fingerprint density at radius 3 is 2.42 bits per heavy atom. The lowest BCUT2D eigenvalue weighted by Gasteiger charge is -2.23. The number of rotatable bonds is 8. The van der Waals surface area contributed by atoms with Crippen LogP contribution in [-0.2, 0) is 0 Å². The second kappa shape index (κ2) is 9.39. The number of nitrogens with zero attached hydrogens (tertiary/aromatic N) is 6. The van der Waals surface area contributed by atoms with Gasteiger partial charge in [-0.3, -0.25) is 20.6 Å². The third-order valence-electron chi connectivity index (χ3n) is 3.39. The normalized spacial score (nSPS) is 9.62. The third kappa shape index (κ3) is 4.79. The van der Waals surface area contributed by atoms with E-state index in [0.29, 0.717) is 24.5 Å². The van der Waals surface area contributed by atoms with Crippen molar-refractivity contribution in [2.45, 2.75) is 12.8 Å². The molecule has 0 radical (unpaired) electrons. The van der Waals surface area contributed by atoms with Gasteiger partial charge in [-0.25, -0.2) is 9.97 Å². The van der Waals surface area contributed by atoms with Gasteiger partial charge in [-0.05, 0) is 12.1 Å². The quantitative estimate of drug-likeness (QED) is 0.586. The van der Waals surface area contributed by atoms with Crippen molar-refractivity contribution in [1.29, 1.82) is 10.5 Å². The number of nitrogens with two attached hydrogens (primary N) is 1. The highest BCUT2D eigenvalue weighted by Crippen LogP contribution is 2.25. The van der Waals surface area contributed by atoms with Crippen LogP contribution in [0.4, 0.5) is 17.3 Å². The van der Waals surface area contributed by atoms with E-state index in [1.54, 1.807) is 17.0 Å². The highest BCUT2D eigenvalue weighted by Gasteiger charge is 2.15. The van der Waals surface area contributed by atoms with Gasteiger partial charge >= 0.3 is 0 Å². The van der Waals surface area contributed by atoms with Gasteiger partial charge in [0.15, 0.2) is 11.6 Å². The van der Waals surface area contributed by atoms with Crippen molar-refractivity contribution in [3.8, 4) is 12.1 Å². The van der Waals surface area contributed by atoms with Crippen LogP contribution in [-0.4, -0.2) is 33.9 Å². The lowest BCUT2D eigenvalue weighted by Crippen LogP contribution is -2.31. The predicted molar refractivity (Wildman–Crippen MR) is 94.4 cm³/mol. The van der Waals surface area contributed by atoms with E-state index in [1.165, 1.54) is 18.7 Å². The van der Waals surface area contributed by atoms with Crippen molar-refractivity contribution >= 4 is 23.2 Å². The van der Waals surface area contributed by atoms with Crippen LogP contribution in [0.2, 0.25) is 0 Å². The molecule has 2 heterocycles. The number of pyridine rings is 1. The van der Waals surface area contributed by atoms with E-state index in [1.807, 2.05) is 0 Å². The molecule has 2 aromatic heterocycles. The Morgan fingerprint density at radius 2 is 1.81 bits per heavy atom. The van der Waals surface area contributed by atoms with Crippen LogP contribution < -0.4 is 21.5 Å².